The van der Waals surface area contributed by atoms with Crippen molar-refractivity contribution in [2.45, 2.75) is 19.3 Å². The lowest BCUT2D eigenvalue weighted by Crippen LogP contribution is -2.72. The molecule has 0 fully saturated rings. The predicted molar refractivity (Wildman–Crippen MR) is 270 cm³/mol. The van der Waals surface area contributed by atoms with E-state index >= 15 is 0 Å². The van der Waals surface area contributed by atoms with Gasteiger partial charge >= 0.3 is 0 Å². The molecule has 0 spiro atoms. The molecule has 0 amide bonds. The quantitative estimate of drug-likeness (QED) is 0.145. The Morgan fingerprint density at radius 2 is 0.825 bits per heavy atom. The van der Waals surface area contributed by atoms with E-state index in [1.165, 1.54) is 87.2 Å². The molecule has 1 aliphatic carbocycles. The zero-order chi connectivity index (χ0) is 42.1. The fourth-order valence-corrected chi connectivity index (χ4v) is 16.1. The molecule has 2 heteroatoms. The van der Waals surface area contributed by atoms with Gasteiger partial charge in [0.15, 0.2) is 8.07 Å². The van der Waals surface area contributed by atoms with Gasteiger partial charge in [-0.3, -0.25) is 0 Å². The maximum Gasteiger partial charge on any atom is 0.180 e. The molecule has 1 aliphatic heterocycles. The van der Waals surface area contributed by atoms with Gasteiger partial charge in [-0.25, -0.2) is 0 Å². The van der Waals surface area contributed by atoms with Crippen LogP contribution in [0.25, 0.3) is 55.3 Å². The Kier molecular flexibility index (Phi) is 8.60. The third-order valence-electron chi connectivity index (χ3n) is 13.9. The van der Waals surface area contributed by atoms with Crippen molar-refractivity contribution in [3.05, 3.63) is 248 Å². The molecule has 0 unspecified atom stereocenters. The van der Waals surface area contributed by atoms with Crippen molar-refractivity contribution in [2.75, 3.05) is 4.90 Å². The van der Waals surface area contributed by atoms with E-state index in [1.54, 1.807) is 0 Å². The molecule has 0 bridgehead atoms. The van der Waals surface area contributed by atoms with Gasteiger partial charge in [0.1, 0.15) is 0 Å². The van der Waals surface area contributed by atoms with Crippen molar-refractivity contribution in [1.82, 2.24) is 0 Å². The van der Waals surface area contributed by atoms with Gasteiger partial charge in [0.2, 0.25) is 0 Å². The number of nitrogens with zero attached hydrogens (tertiary/aromatic N) is 1. The van der Waals surface area contributed by atoms with Crippen molar-refractivity contribution >= 4 is 56.7 Å². The predicted octanol–water partition coefficient (Wildman–Crippen LogP) is 13.3. The van der Waals surface area contributed by atoms with Gasteiger partial charge in [0, 0.05) is 22.5 Å². The number of benzene rings is 10. The van der Waals surface area contributed by atoms with Crippen molar-refractivity contribution in [1.29, 1.82) is 0 Å². The van der Waals surface area contributed by atoms with Crippen LogP contribution in [0.1, 0.15) is 25.0 Å². The number of fused-ring (bicyclic) bond motifs is 7. The minimum atomic E-state index is -2.70. The molecule has 2 aliphatic rings. The van der Waals surface area contributed by atoms with E-state index in [1.807, 2.05) is 0 Å². The summed E-state index contributed by atoms with van der Waals surface area (Å²) in [6, 6.07) is 88.6. The topological polar surface area (TPSA) is 3.24 Å². The van der Waals surface area contributed by atoms with E-state index in [2.05, 4.69) is 255 Å². The Bertz CT molecular complexity index is 3320. The van der Waals surface area contributed by atoms with E-state index in [0.717, 1.165) is 17.1 Å². The van der Waals surface area contributed by atoms with Crippen molar-refractivity contribution in [2.24, 2.45) is 0 Å². The highest BCUT2D eigenvalue weighted by Gasteiger charge is 2.48. The lowest BCUT2D eigenvalue weighted by Gasteiger charge is -2.33. The molecule has 0 atom stereocenters. The first kappa shape index (κ1) is 37.3. The van der Waals surface area contributed by atoms with Crippen LogP contribution in [0.4, 0.5) is 17.1 Å². The Morgan fingerprint density at radius 3 is 1.51 bits per heavy atom. The zero-order valence-electron chi connectivity index (χ0n) is 35.5. The Hall–Kier alpha value is -7.52. The molecular formula is C61H45NSi. The molecule has 10 aromatic rings. The highest BCUT2D eigenvalue weighted by molar-refractivity contribution is 7.22. The molecule has 0 aromatic heterocycles. The summed E-state index contributed by atoms with van der Waals surface area (Å²) >= 11 is 0. The maximum absolute atomic E-state index is 2.70. The summed E-state index contributed by atoms with van der Waals surface area (Å²) in [6.07, 6.45) is 0. The van der Waals surface area contributed by atoms with Gasteiger partial charge < -0.3 is 4.90 Å². The molecule has 298 valence electrons. The van der Waals surface area contributed by atoms with Crippen LogP contribution in [0.5, 0.6) is 0 Å². The van der Waals surface area contributed by atoms with Gasteiger partial charge in [-0.2, -0.15) is 0 Å². The van der Waals surface area contributed by atoms with Crippen LogP contribution in [0, 0.1) is 0 Å². The van der Waals surface area contributed by atoms with Crippen LogP contribution in [0.3, 0.4) is 0 Å². The highest BCUT2D eigenvalue weighted by atomic mass is 28.3. The number of rotatable bonds is 7. The summed E-state index contributed by atoms with van der Waals surface area (Å²) in [7, 11) is -2.70. The van der Waals surface area contributed by atoms with Crippen LogP contribution in [-0.4, -0.2) is 8.07 Å². The smallest absolute Gasteiger partial charge is 0.180 e. The molecule has 0 radical (unpaired) electrons. The van der Waals surface area contributed by atoms with Crippen LogP contribution < -0.4 is 25.6 Å². The summed E-state index contributed by atoms with van der Waals surface area (Å²) in [5, 5.41) is 8.18. The normalized spacial score (nSPS) is 13.8. The third kappa shape index (κ3) is 5.83. The fourth-order valence-electron chi connectivity index (χ4n) is 10.9. The molecular weight excluding hydrogens is 775 g/mol. The standard InChI is InChI=1S/C61H45NSi/c1-61(2)57-24-11-8-21-53(57)54-38-33-47(40-58(54)61)44-31-36-49(37-32-44)62(48-34-29-43(30-35-48)46-28-27-42-15-6-7-16-45(42)39-46)50-17-14-20-52(41-50)63(51-18-4-3-5-19-51)59-25-12-9-22-55(59)56-23-10-13-26-60(56)63/h3-41H,1-2H3. The Morgan fingerprint density at radius 1 is 0.317 bits per heavy atom. The van der Waals surface area contributed by atoms with E-state index in [4.69, 9.17) is 0 Å². The van der Waals surface area contributed by atoms with Gasteiger partial charge in [-0.1, -0.05) is 202 Å². The monoisotopic (exact) mass is 819 g/mol. The van der Waals surface area contributed by atoms with Crippen molar-refractivity contribution < 1.29 is 0 Å². The van der Waals surface area contributed by atoms with Crippen LogP contribution in [0.2, 0.25) is 0 Å². The summed E-state index contributed by atoms with van der Waals surface area (Å²) in [5.74, 6) is 0. The van der Waals surface area contributed by atoms with Crippen molar-refractivity contribution in [3.63, 3.8) is 0 Å². The number of hydrogen-bond acceptors (Lipinski definition) is 1. The summed E-state index contributed by atoms with van der Waals surface area (Å²) in [6.45, 7) is 4.71. The van der Waals surface area contributed by atoms with Crippen LogP contribution in [-0.2, 0) is 5.41 Å². The average Bonchev–Trinajstić information content (AvgIpc) is 3.78. The van der Waals surface area contributed by atoms with E-state index in [-0.39, 0.29) is 5.41 Å². The number of hydrogen-bond donors (Lipinski definition) is 0. The third-order valence-corrected chi connectivity index (χ3v) is 18.8. The second-order valence-corrected chi connectivity index (χ2v) is 21.4. The summed E-state index contributed by atoms with van der Waals surface area (Å²) in [4.78, 5) is 2.44. The second-order valence-electron chi connectivity index (χ2n) is 17.7. The van der Waals surface area contributed by atoms with Crippen LogP contribution in [0.15, 0.2) is 237 Å². The summed E-state index contributed by atoms with van der Waals surface area (Å²) < 4.78 is 0. The zero-order valence-corrected chi connectivity index (χ0v) is 36.5. The first-order valence-corrected chi connectivity index (χ1v) is 24.1. The summed E-state index contributed by atoms with van der Waals surface area (Å²) in [5.41, 5.74) is 16.4. The minimum absolute atomic E-state index is 0.0521. The molecule has 0 saturated carbocycles. The van der Waals surface area contributed by atoms with Crippen LogP contribution >= 0.6 is 0 Å². The molecule has 1 heterocycles. The molecule has 0 saturated heterocycles. The maximum atomic E-state index is 2.49. The first-order chi connectivity index (χ1) is 31.0. The Balaban J connectivity index is 0.999. The van der Waals surface area contributed by atoms with Gasteiger partial charge in [-0.15, -0.1) is 0 Å². The lowest BCUT2D eigenvalue weighted by atomic mass is 9.81. The molecule has 10 aromatic carbocycles. The SMILES string of the molecule is CC1(C)c2ccccc2-c2ccc(-c3ccc(N(c4ccc(-c5ccc6ccccc6c5)cc4)c4cccc([Si]5(c6ccccc6)c6ccccc6-c6ccccc65)c4)cc3)cc21. The molecule has 1 nitrogen and oxygen atoms in total. The molecule has 63 heavy (non-hydrogen) atoms. The van der Waals surface area contributed by atoms with Crippen molar-refractivity contribution in [3.8, 4) is 44.5 Å². The van der Waals surface area contributed by atoms with Gasteiger partial charge in [-0.05, 0) is 136 Å². The lowest BCUT2D eigenvalue weighted by molar-refractivity contribution is 0.660. The fraction of sp³-hybridized carbons (Fsp3) is 0.0492. The highest BCUT2D eigenvalue weighted by Crippen LogP contribution is 2.49. The van der Waals surface area contributed by atoms with E-state index in [9.17, 15) is 0 Å². The van der Waals surface area contributed by atoms with Gasteiger partial charge in [0.05, 0.1) is 0 Å². The number of anilines is 3. The van der Waals surface area contributed by atoms with E-state index in [0.29, 0.717) is 0 Å². The first-order valence-electron chi connectivity index (χ1n) is 22.1. The molecule has 12 rings (SSSR count). The minimum Gasteiger partial charge on any atom is -0.311 e. The second kappa shape index (κ2) is 14.5. The van der Waals surface area contributed by atoms with E-state index < -0.39 is 8.07 Å². The average molecular weight is 820 g/mol. The van der Waals surface area contributed by atoms with Gasteiger partial charge in [0.25, 0.3) is 0 Å². The largest absolute Gasteiger partial charge is 0.311 e. The Labute approximate surface area is 371 Å². The molecule has 0 N–H and O–H groups in total.